The lowest BCUT2D eigenvalue weighted by Crippen LogP contribution is -2.39. The van der Waals surface area contributed by atoms with Crippen molar-refractivity contribution in [2.75, 3.05) is 14.2 Å². The average Bonchev–Trinajstić information content (AvgIpc) is 2.44. The molecule has 1 N–H and O–H groups in total. The zero-order chi connectivity index (χ0) is 15.3. The number of benzene rings is 1. The molecule has 0 saturated carbocycles. The number of rotatable bonds is 5. The van der Waals surface area contributed by atoms with Gasteiger partial charge in [-0.15, -0.1) is 0 Å². The molecule has 20 heavy (non-hydrogen) atoms. The molecule has 1 aromatic carbocycles. The van der Waals surface area contributed by atoms with E-state index in [0.717, 1.165) is 14.2 Å². The van der Waals surface area contributed by atoms with Crippen molar-refractivity contribution in [2.45, 2.75) is 17.9 Å². The van der Waals surface area contributed by atoms with Crippen LogP contribution in [0.15, 0.2) is 29.2 Å². The Morgan fingerprint density at radius 3 is 2.30 bits per heavy atom. The van der Waals surface area contributed by atoms with Crippen LogP contribution in [0.5, 0.6) is 0 Å². The molecule has 110 valence electrons. The monoisotopic (exact) mass is 301 g/mol. The Labute approximate surface area is 116 Å². The fourth-order valence-electron chi connectivity index (χ4n) is 1.50. The first-order chi connectivity index (χ1) is 9.33. The lowest BCUT2D eigenvalue weighted by atomic mass is 10.2. The first-order valence-corrected chi connectivity index (χ1v) is 7.09. The molecule has 0 amide bonds. The van der Waals surface area contributed by atoms with Crippen molar-refractivity contribution >= 4 is 22.0 Å². The van der Waals surface area contributed by atoms with Gasteiger partial charge in [-0.05, 0) is 19.1 Å². The third kappa shape index (κ3) is 3.55. The second kappa shape index (κ2) is 6.49. The molecule has 1 rings (SSSR count). The third-order valence-corrected chi connectivity index (χ3v) is 4.07. The van der Waals surface area contributed by atoms with Crippen LogP contribution in [0.25, 0.3) is 0 Å². The number of esters is 2. The molecular formula is C12H15NO6S. The first kappa shape index (κ1) is 16.1. The van der Waals surface area contributed by atoms with Gasteiger partial charge in [0.2, 0.25) is 10.0 Å². The minimum atomic E-state index is -4.05. The highest BCUT2D eigenvalue weighted by Crippen LogP contribution is 2.16. The van der Waals surface area contributed by atoms with Crippen LogP contribution in [0.4, 0.5) is 0 Å². The number of nitrogens with one attached hydrogen (secondary N) is 1. The van der Waals surface area contributed by atoms with Gasteiger partial charge in [0.25, 0.3) is 0 Å². The number of hydrogen-bond acceptors (Lipinski definition) is 6. The minimum absolute atomic E-state index is 0.112. The summed E-state index contributed by atoms with van der Waals surface area (Å²) >= 11 is 0. The number of hydrogen-bond donors (Lipinski definition) is 1. The van der Waals surface area contributed by atoms with Crippen LogP contribution < -0.4 is 4.72 Å². The van der Waals surface area contributed by atoms with Crippen molar-refractivity contribution in [1.82, 2.24) is 4.72 Å². The van der Waals surface area contributed by atoms with E-state index in [1.54, 1.807) is 0 Å². The van der Waals surface area contributed by atoms with Crippen LogP contribution in [0.1, 0.15) is 17.3 Å². The van der Waals surface area contributed by atoms with Gasteiger partial charge in [0, 0.05) is 0 Å². The van der Waals surface area contributed by atoms with Crippen molar-refractivity contribution in [3.8, 4) is 0 Å². The van der Waals surface area contributed by atoms with Gasteiger partial charge in [-0.3, -0.25) is 4.79 Å². The summed E-state index contributed by atoms with van der Waals surface area (Å²) in [7, 11) is -1.75. The maximum atomic E-state index is 12.2. The van der Waals surface area contributed by atoms with Crippen LogP contribution in [0.2, 0.25) is 0 Å². The Bertz CT molecular complexity index is 610. The molecule has 1 atom stereocenters. The van der Waals surface area contributed by atoms with Gasteiger partial charge in [-0.1, -0.05) is 12.1 Å². The van der Waals surface area contributed by atoms with E-state index in [1.165, 1.54) is 31.2 Å². The van der Waals surface area contributed by atoms with Gasteiger partial charge < -0.3 is 9.47 Å². The molecule has 0 bridgehead atoms. The van der Waals surface area contributed by atoms with E-state index in [9.17, 15) is 18.0 Å². The van der Waals surface area contributed by atoms with Crippen LogP contribution in [0, 0.1) is 0 Å². The van der Waals surface area contributed by atoms with E-state index in [0.29, 0.717) is 0 Å². The summed E-state index contributed by atoms with van der Waals surface area (Å²) in [6.07, 6.45) is 0. The molecule has 0 heterocycles. The Morgan fingerprint density at radius 1 is 1.15 bits per heavy atom. The Kier molecular flexibility index (Phi) is 5.23. The highest BCUT2D eigenvalue weighted by Gasteiger charge is 2.26. The SMILES string of the molecule is COC(=O)c1ccccc1S(=O)(=O)NC(C)C(=O)OC. The lowest BCUT2D eigenvalue weighted by Gasteiger charge is -2.13. The van der Waals surface area contributed by atoms with Gasteiger partial charge in [0.15, 0.2) is 0 Å². The van der Waals surface area contributed by atoms with Gasteiger partial charge in [-0.2, -0.15) is 4.72 Å². The summed E-state index contributed by atoms with van der Waals surface area (Å²) < 4.78 is 35.4. The largest absolute Gasteiger partial charge is 0.468 e. The highest BCUT2D eigenvalue weighted by atomic mass is 32.2. The van der Waals surface area contributed by atoms with E-state index in [4.69, 9.17) is 0 Å². The molecule has 0 aliphatic rings. The van der Waals surface area contributed by atoms with E-state index in [1.807, 2.05) is 0 Å². The number of carbonyl (C=O) groups is 2. The van der Waals surface area contributed by atoms with E-state index in [-0.39, 0.29) is 10.5 Å². The fourth-order valence-corrected chi connectivity index (χ4v) is 2.89. The second-order valence-corrected chi connectivity index (χ2v) is 5.54. The molecule has 0 spiro atoms. The quantitative estimate of drug-likeness (QED) is 0.786. The standard InChI is InChI=1S/C12H15NO6S/c1-8(11(14)18-2)13-20(16,17)10-7-5-4-6-9(10)12(15)19-3/h4-8,13H,1-3H3. The summed E-state index contributed by atoms with van der Waals surface area (Å²) in [5.41, 5.74) is -0.112. The summed E-state index contributed by atoms with van der Waals surface area (Å²) in [4.78, 5) is 22.5. The van der Waals surface area contributed by atoms with Crippen molar-refractivity contribution in [1.29, 1.82) is 0 Å². The topological polar surface area (TPSA) is 98.8 Å². The van der Waals surface area contributed by atoms with Crippen LogP contribution >= 0.6 is 0 Å². The van der Waals surface area contributed by atoms with Crippen molar-refractivity contribution < 1.29 is 27.5 Å². The number of ether oxygens (including phenoxy) is 2. The predicted octanol–water partition coefficient (Wildman–Crippen LogP) is 0.313. The molecule has 0 saturated heterocycles. The Balaban J connectivity index is 3.17. The second-order valence-electron chi connectivity index (χ2n) is 3.85. The molecule has 0 aliphatic carbocycles. The zero-order valence-electron chi connectivity index (χ0n) is 11.2. The maximum absolute atomic E-state index is 12.2. The third-order valence-electron chi connectivity index (χ3n) is 2.47. The van der Waals surface area contributed by atoms with Gasteiger partial charge >= 0.3 is 11.9 Å². The molecule has 7 nitrogen and oxygen atoms in total. The van der Waals surface area contributed by atoms with Crippen molar-refractivity contribution in [3.05, 3.63) is 29.8 Å². The molecule has 1 aromatic rings. The van der Waals surface area contributed by atoms with Gasteiger partial charge in [-0.25, -0.2) is 13.2 Å². The molecule has 8 heteroatoms. The fraction of sp³-hybridized carbons (Fsp3) is 0.333. The zero-order valence-corrected chi connectivity index (χ0v) is 12.1. The molecule has 0 fully saturated rings. The minimum Gasteiger partial charge on any atom is -0.468 e. The Hall–Kier alpha value is -1.93. The van der Waals surface area contributed by atoms with E-state index in [2.05, 4.69) is 14.2 Å². The Morgan fingerprint density at radius 2 is 1.75 bits per heavy atom. The summed E-state index contributed by atoms with van der Waals surface area (Å²) in [6.45, 7) is 1.34. The van der Waals surface area contributed by atoms with Crippen LogP contribution in [-0.4, -0.2) is 40.6 Å². The summed E-state index contributed by atoms with van der Waals surface area (Å²) in [5, 5.41) is 0. The van der Waals surface area contributed by atoms with Crippen molar-refractivity contribution in [2.24, 2.45) is 0 Å². The number of carbonyl (C=O) groups excluding carboxylic acids is 2. The van der Waals surface area contributed by atoms with Crippen LogP contribution in [0.3, 0.4) is 0 Å². The normalized spacial score (nSPS) is 12.6. The predicted molar refractivity (Wildman–Crippen MR) is 69.6 cm³/mol. The van der Waals surface area contributed by atoms with Gasteiger partial charge in [0.1, 0.15) is 6.04 Å². The maximum Gasteiger partial charge on any atom is 0.339 e. The molecule has 0 aliphatic heterocycles. The smallest absolute Gasteiger partial charge is 0.339 e. The summed E-state index contributed by atoms with van der Waals surface area (Å²) in [6, 6.07) is 4.47. The van der Waals surface area contributed by atoms with E-state index >= 15 is 0 Å². The van der Waals surface area contributed by atoms with Crippen molar-refractivity contribution in [3.63, 3.8) is 0 Å². The average molecular weight is 301 g/mol. The first-order valence-electron chi connectivity index (χ1n) is 5.61. The summed E-state index contributed by atoms with van der Waals surface area (Å²) in [5.74, 6) is -1.51. The lowest BCUT2D eigenvalue weighted by molar-refractivity contribution is -0.142. The molecular weight excluding hydrogens is 286 g/mol. The van der Waals surface area contributed by atoms with Crippen LogP contribution in [-0.2, 0) is 24.3 Å². The number of sulfonamides is 1. The number of methoxy groups -OCH3 is 2. The van der Waals surface area contributed by atoms with Gasteiger partial charge in [0.05, 0.1) is 24.7 Å². The van der Waals surface area contributed by atoms with E-state index < -0.39 is 28.0 Å². The molecule has 1 unspecified atom stereocenters. The molecule has 0 aromatic heterocycles. The highest BCUT2D eigenvalue weighted by molar-refractivity contribution is 7.89. The molecule has 0 radical (unpaired) electrons.